The van der Waals surface area contributed by atoms with Gasteiger partial charge in [0.25, 0.3) is 0 Å². The van der Waals surface area contributed by atoms with Crippen molar-refractivity contribution in [3.8, 4) is 0 Å². The Labute approximate surface area is 292 Å². The lowest BCUT2D eigenvalue weighted by atomic mass is 9.90. The number of carbonyl (C=O) groups excluding carboxylic acids is 4. The minimum atomic E-state index is -0.573. The molecule has 7 atom stereocenters. The smallest absolute Gasteiger partial charge is 0.242 e. The lowest BCUT2D eigenvalue weighted by molar-refractivity contribution is -0.145. The molecule has 1 aromatic rings. The van der Waals surface area contributed by atoms with Crippen LogP contribution in [0.15, 0.2) is 29.2 Å². The average Bonchev–Trinajstić information content (AvgIpc) is 3.55. The number of likely N-dealkylation sites (tertiary alicyclic amines) is 1. The van der Waals surface area contributed by atoms with Crippen molar-refractivity contribution >= 4 is 41.3 Å². The Hall–Kier alpha value is -2.87. The molecule has 3 N–H and O–H groups in total. The fourth-order valence-electron chi connectivity index (χ4n) is 6.74. The molecule has 1 aliphatic rings. The van der Waals surface area contributed by atoms with E-state index >= 15 is 0 Å². The first-order valence-electron chi connectivity index (χ1n) is 17.0. The van der Waals surface area contributed by atoms with Crippen molar-refractivity contribution in [2.75, 3.05) is 60.8 Å². The summed E-state index contributed by atoms with van der Waals surface area (Å²) in [7, 11) is 10.4. The summed E-state index contributed by atoms with van der Waals surface area (Å²) in [6.07, 6.45) is 1.27. The molecule has 7 unspecified atom stereocenters. The number of benzene rings is 1. The van der Waals surface area contributed by atoms with Crippen molar-refractivity contribution in [3.05, 3.63) is 24.3 Å². The second kappa shape index (κ2) is 20.0. The van der Waals surface area contributed by atoms with E-state index in [2.05, 4.69) is 15.4 Å². The first-order chi connectivity index (χ1) is 22.7. The Morgan fingerprint density at radius 1 is 1.00 bits per heavy atom. The van der Waals surface area contributed by atoms with Crippen LogP contribution in [0.2, 0.25) is 0 Å². The van der Waals surface area contributed by atoms with E-state index in [0.29, 0.717) is 6.54 Å². The Kier molecular flexibility index (Phi) is 17.2. The monoisotopic (exact) mass is 692 g/mol. The number of nitrogens with one attached hydrogen (secondary N) is 3. The van der Waals surface area contributed by atoms with Crippen LogP contribution in [-0.2, 0) is 28.7 Å². The SMILES string of the molecule is CCC(C)C(C(CC(=O)N1CCCC1C(OC)C(C)C(=O)NSc1ccc(NC)cc1)OC)N(C)C(=O)CNC(=O)C(C(C)C)N(C)C. The van der Waals surface area contributed by atoms with Gasteiger partial charge >= 0.3 is 0 Å². The van der Waals surface area contributed by atoms with Crippen LogP contribution >= 0.6 is 11.9 Å². The van der Waals surface area contributed by atoms with E-state index in [-0.39, 0.29) is 60.5 Å². The van der Waals surface area contributed by atoms with Gasteiger partial charge in [0.2, 0.25) is 23.6 Å². The topological polar surface area (TPSA) is 133 Å². The van der Waals surface area contributed by atoms with Crippen LogP contribution < -0.4 is 15.4 Å². The van der Waals surface area contributed by atoms with Gasteiger partial charge in [0.15, 0.2) is 0 Å². The Morgan fingerprint density at radius 2 is 1.65 bits per heavy atom. The van der Waals surface area contributed by atoms with Gasteiger partial charge in [-0.1, -0.05) is 41.0 Å². The van der Waals surface area contributed by atoms with E-state index in [1.807, 2.05) is 89.8 Å². The van der Waals surface area contributed by atoms with Crippen LogP contribution in [-0.4, -0.2) is 124 Å². The molecule has 1 saturated heterocycles. The lowest BCUT2D eigenvalue weighted by Gasteiger charge is -2.39. The van der Waals surface area contributed by atoms with Crippen molar-refractivity contribution in [2.24, 2.45) is 17.8 Å². The van der Waals surface area contributed by atoms with Crippen LogP contribution in [0.25, 0.3) is 0 Å². The largest absolute Gasteiger partial charge is 0.388 e. The summed E-state index contributed by atoms with van der Waals surface area (Å²) in [5.41, 5.74) is 0.984. The standard InChI is InChI=1S/C35H60N6O6S/c1-12-23(4)32(40(9)30(43)21-37-35(45)31(22(2)3)39(7)8)28(46-10)20-29(42)41-19-13-14-27(41)33(47-11)24(5)34(44)38-48-26-17-15-25(36-6)16-18-26/h15-18,22-24,27-28,31-33,36H,12-14,19-21H2,1-11H3,(H,37,45)(H,38,44). The Morgan fingerprint density at radius 3 is 2.17 bits per heavy atom. The Balaban J connectivity index is 2.12. The minimum Gasteiger partial charge on any atom is -0.388 e. The van der Waals surface area contributed by atoms with Crippen LogP contribution in [0.1, 0.15) is 60.3 Å². The quantitative estimate of drug-likeness (QED) is 0.187. The minimum absolute atomic E-state index is 0.0225. The summed E-state index contributed by atoms with van der Waals surface area (Å²) >= 11 is 1.25. The molecule has 0 aliphatic carbocycles. The van der Waals surface area contributed by atoms with Gasteiger partial charge in [-0.2, -0.15) is 0 Å². The number of methoxy groups -OCH3 is 2. The first-order valence-corrected chi connectivity index (χ1v) is 17.8. The molecule has 1 fully saturated rings. The maximum absolute atomic E-state index is 13.9. The molecule has 48 heavy (non-hydrogen) atoms. The molecule has 4 amide bonds. The van der Waals surface area contributed by atoms with Crippen LogP contribution in [0, 0.1) is 17.8 Å². The van der Waals surface area contributed by atoms with Crippen molar-refractivity contribution in [3.63, 3.8) is 0 Å². The molecule has 12 nitrogen and oxygen atoms in total. The molecular formula is C35H60N6O6S. The summed E-state index contributed by atoms with van der Waals surface area (Å²) < 4.78 is 14.7. The molecule has 0 bridgehead atoms. The zero-order valence-corrected chi connectivity index (χ0v) is 31.7. The predicted octanol–water partition coefficient (Wildman–Crippen LogP) is 3.47. The number of hydrogen-bond acceptors (Lipinski definition) is 9. The van der Waals surface area contributed by atoms with Crippen LogP contribution in [0.5, 0.6) is 0 Å². The number of rotatable bonds is 19. The van der Waals surface area contributed by atoms with E-state index in [4.69, 9.17) is 9.47 Å². The van der Waals surface area contributed by atoms with Gasteiger partial charge < -0.3 is 29.9 Å². The van der Waals surface area contributed by atoms with Crippen molar-refractivity contribution in [1.82, 2.24) is 24.7 Å². The molecule has 1 aliphatic heterocycles. The van der Waals surface area contributed by atoms with E-state index in [0.717, 1.165) is 29.8 Å². The highest BCUT2D eigenvalue weighted by Crippen LogP contribution is 2.30. The lowest BCUT2D eigenvalue weighted by Crippen LogP contribution is -2.55. The molecule has 0 spiro atoms. The second-order valence-electron chi connectivity index (χ2n) is 13.4. The van der Waals surface area contributed by atoms with E-state index in [1.54, 1.807) is 26.2 Å². The van der Waals surface area contributed by atoms with E-state index < -0.39 is 24.2 Å². The molecule has 1 aromatic carbocycles. The normalized spacial score (nSPS) is 18.5. The highest BCUT2D eigenvalue weighted by Gasteiger charge is 2.42. The summed E-state index contributed by atoms with van der Waals surface area (Å²) in [5.74, 6) is -1.14. The van der Waals surface area contributed by atoms with Gasteiger partial charge in [0.05, 0.1) is 49.2 Å². The highest BCUT2D eigenvalue weighted by atomic mass is 32.2. The summed E-state index contributed by atoms with van der Waals surface area (Å²) in [4.78, 5) is 59.6. The number of anilines is 1. The maximum atomic E-state index is 13.9. The molecule has 0 aromatic heterocycles. The molecule has 1 heterocycles. The Bertz CT molecular complexity index is 1180. The molecule has 272 valence electrons. The van der Waals surface area contributed by atoms with Crippen molar-refractivity contribution in [1.29, 1.82) is 0 Å². The average molecular weight is 693 g/mol. The van der Waals surface area contributed by atoms with Crippen molar-refractivity contribution in [2.45, 2.75) is 95.5 Å². The van der Waals surface area contributed by atoms with Gasteiger partial charge in [0.1, 0.15) is 0 Å². The number of hydrogen-bond donors (Lipinski definition) is 3. The predicted molar refractivity (Wildman–Crippen MR) is 191 cm³/mol. The van der Waals surface area contributed by atoms with Gasteiger partial charge in [-0.15, -0.1) is 0 Å². The third-order valence-corrected chi connectivity index (χ3v) is 10.4. The molecular weight excluding hydrogens is 632 g/mol. The van der Waals surface area contributed by atoms with Gasteiger partial charge in [-0.25, -0.2) is 0 Å². The number of carbonyl (C=O) groups is 4. The van der Waals surface area contributed by atoms with Crippen LogP contribution in [0.3, 0.4) is 0 Å². The number of nitrogens with zero attached hydrogens (tertiary/aromatic N) is 3. The van der Waals surface area contributed by atoms with Gasteiger partial charge in [-0.3, -0.25) is 28.8 Å². The van der Waals surface area contributed by atoms with Crippen LogP contribution in [0.4, 0.5) is 5.69 Å². The first kappa shape index (κ1) is 41.3. The zero-order valence-electron chi connectivity index (χ0n) is 30.9. The summed E-state index contributed by atoms with van der Waals surface area (Å²) in [6, 6.07) is 6.72. The van der Waals surface area contributed by atoms with Gasteiger partial charge in [-0.05, 0) is 75.0 Å². The second-order valence-corrected chi connectivity index (χ2v) is 14.2. The maximum Gasteiger partial charge on any atom is 0.242 e. The molecule has 2 rings (SSSR count). The van der Waals surface area contributed by atoms with Gasteiger partial charge in [0, 0.05) is 45.4 Å². The molecule has 0 saturated carbocycles. The summed E-state index contributed by atoms with van der Waals surface area (Å²) in [5, 5.41) is 5.89. The molecule has 0 radical (unpaired) electrons. The number of amides is 4. The fraction of sp³-hybridized carbons (Fsp3) is 0.714. The van der Waals surface area contributed by atoms with E-state index in [9.17, 15) is 19.2 Å². The number of likely N-dealkylation sites (N-methyl/N-ethyl adjacent to an activating group) is 2. The third-order valence-electron chi connectivity index (χ3n) is 9.59. The van der Waals surface area contributed by atoms with E-state index in [1.165, 1.54) is 11.9 Å². The highest BCUT2D eigenvalue weighted by molar-refractivity contribution is 7.98. The fourth-order valence-corrected chi connectivity index (χ4v) is 7.42. The summed E-state index contributed by atoms with van der Waals surface area (Å²) in [6.45, 7) is 10.3. The third kappa shape index (κ3) is 11.1. The van der Waals surface area contributed by atoms with Crippen molar-refractivity contribution < 1.29 is 28.7 Å². The zero-order chi connectivity index (χ0) is 36.1. The molecule has 13 heteroatoms. The number of ether oxygens (including phenoxy) is 2.